The van der Waals surface area contributed by atoms with E-state index in [1.54, 1.807) is 0 Å². The molecule has 1 heterocycles. The first kappa shape index (κ1) is 17.7. The molecule has 1 aliphatic rings. The summed E-state index contributed by atoms with van der Waals surface area (Å²) in [5.41, 5.74) is 2.71. The van der Waals surface area contributed by atoms with Crippen molar-refractivity contribution in [2.45, 2.75) is 3.46 Å². The zero-order chi connectivity index (χ0) is 12.4. The Morgan fingerprint density at radius 1 is 0.800 bits per heavy atom. The molecule has 0 radical (unpaired) electrons. The summed E-state index contributed by atoms with van der Waals surface area (Å²) in [5, 5.41) is 1.40. The Kier molecular flexibility index (Phi) is 6.72. The van der Waals surface area contributed by atoms with Crippen molar-refractivity contribution in [2.24, 2.45) is 0 Å². The number of hydrogen-bond acceptors (Lipinski definition) is 0. The van der Waals surface area contributed by atoms with Crippen molar-refractivity contribution in [1.29, 1.82) is 0 Å². The van der Waals surface area contributed by atoms with Gasteiger partial charge in [-0.3, -0.25) is 0 Å². The summed E-state index contributed by atoms with van der Waals surface area (Å²) in [6.07, 6.45) is 4.59. The fraction of sp³-hybridized carbons (Fsp3) is 0.0625. The van der Waals surface area contributed by atoms with E-state index in [1.807, 2.05) is 0 Å². The Balaban J connectivity index is 0.000001000. The standard InChI is InChI=1S/C16H12P.2ClH.Ti/c1-3-7-13(8-4-1)15-11-12-16(17-15)14-9-5-2-6-10-14;;;/h1-12H;2*1H;. The van der Waals surface area contributed by atoms with Gasteiger partial charge in [-0.25, -0.2) is 0 Å². The Morgan fingerprint density at radius 3 is 1.95 bits per heavy atom. The zero-order valence-corrected chi connectivity index (χ0v) is 14.8. The van der Waals surface area contributed by atoms with Crippen molar-refractivity contribution in [3.8, 4) is 0 Å². The van der Waals surface area contributed by atoms with Crippen LogP contribution in [0.3, 0.4) is 0 Å². The summed E-state index contributed by atoms with van der Waals surface area (Å²) in [5.74, 6) is 0. The molecule has 20 heavy (non-hydrogen) atoms. The summed E-state index contributed by atoms with van der Waals surface area (Å²) in [4.78, 5) is 0. The summed E-state index contributed by atoms with van der Waals surface area (Å²) in [6.45, 7) is 0. The molecule has 0 nitrogen and oxygen atoms in total. The molecule has 1 atom stereocenters. The number of rotatable bonds is 2. The van der Waals surface area contributed by atoms with Gasteiger partial charge in [0.1, 0.15) is 0 Å². The minimum absolute atomic E-state index is 0. The van der Waals surface area contributed by atoms with Gasteiger partial charge in [0.25, 0.3) is 0 Å². The predicted molar refractivity (Wildman–Crippen MR) is 89.2 cm³/mol. The van der Waals surface area contributed by atoms with E-state index in [9.17, 15) is 0 Å². The van der Waals surface area contributed by atoms with Crippen LogP contribution >= 0.6 is 33.0 Å². The predicted octanol–water partition coefficient (Wildman–Crippen LogP) is 4.97. The first-order valence-corrected chi connectivity index (χ1v) is 7.60. The SMILES string of the molecule is Cl.Cl.[Ti][C]1(c2ccccc2)C=CC(c2ccccc2)=P1. The van der Waals surface area contributed by atoms with Gasteiger partial charge in [-0.05, 0) is 0 Å². The molecular formula is C16H14Cl2PTi. The van der Waals surface area contributed by atoms with E-state index in [-0.39, 0.29) is 28.3 Å². The van der Waals surface area contributed by atoms with Gasteiger partial charge in [0.15, 0.2) is 0 Å². The molecule has 0 bridgehead atoms. The first-order chi connectivity index (χ1) is 8.78. The van der Waals surface area contributed by atoms with E-state index < -0.39 is 0 Å². The van der Waals surface area contributed by atoms with Crippen LogP contribution in [0.1, 0.15) is 11.1 Å². The summed E-state index contributed by atoms with van der Waals surface area (Å²) >= 11 is 2.30. The molecule has 101 valence electrons. The molecule has 0 saturated heterocycles. The van der Waals surface area contributed by atoms with Crippen LogP contribution in [0.5, 0.6) is 0 Å². The average Bonchev–Trinajstić information content (AvgIpc) is 2.85. The Hall–Kier alpha value is -0.356. The quantitative estimate of drug-likeness (QED) is 0.527. The van der Waals surface area contributed by atoms with Gasteiger partial charge in [0, 0.05) is 0 Å². The van der Waals surface area contributed by atoms with Crippen molar-refractivity contribution in [3.05, 3.63) is 83.9 Å². The van der Waals surface area contributed by atoms with Gasteiger partial charge in [0.2, 0.25) is 0 Å². The van der Waals surface area contributed by atoms with Crippen LogP contribution in [0, 0.1) is 0 Å². The number of benzene rings is 2. The van der Waals surface area contributed by atoms with Gasteiger partial charge >= 0.3 is 121 Å². The molecular weight excluding hydrogens is 342 g/mol. The first-order valence-electron chi connectivity index (χ1n) is 5.93. The zero-order valence-electron chi connectivity index (χ0n) is 10.7. The molecule has 0 N–H and O–H groups in total. The van der Waals surface area contributed by atoms with E-state index in [1.165, 1.54) is 24.6 Å². The van der Waals surface area contributed by atoms with Crippen LogP contribution in [0.25, 0.3) is 0 Å². The molecule has 2 aromatic rings. The van der Waals surface area contributed by atoms with Crippen molar-refractivity contribution in [2.75, 3.05) is 0 Å². The molecule has 0 aliphatic carbocycles. The third-order valence-corrected chi connectivity index (χ3v) is 5.71. The van der Waals surface area contributed by atoms with Crippen LogP contribution in [0.2, 0.25) is 0 Å². The molecule has 0 spiro atoms. The summed E-state index contributed by atoms with van der Waals surface area (Å²) < 4.78 is 0.117. The molecule has 1 unspecified atom stereocenters. The number of halogens is 2. The minimum atomic E-state index is 0. The van der Waals surface area contributed by atoms with E-state index >= 15 is 0 Å². The number of allylic oxidation sites excluding steroid dienone is 2. The third-order valence-electron chi connectivity index (χ3n) is 3.06. The Labute approximate surface area is 145 Å². The normalized spacial score (nSPS) is 20.4. The van der Waals surface area contributed by atoms with Gasteiger partial charge in [-0.2, -0.15) is 0 Å². The van der Waals surface area contributed by atoms with Crippen molar-refractivity contribution in [3.63, 3.8) is 0 Å². The average molecular weight is 356 g/mol. The molecule has 4 heteroatoms. The van der Waals surface area contributed by atoms with Crippen LogP contribution in [-0.2, 0) is 23.9 Å². The maximum atomic E-state index is 2.33. The van der Waals surface area contributed by atoms with Gasteiger partial charge in [-0.15, -0.1) is 24.8 Å². The second kappa shape index (κ2) is 7.60. The van der Waals surface area contributed by atoms with Crippen molar-refractivity contribution < 1.29 is 20.4 Å². The molecule has 0 fully saturated rings. The number of hydrogen-bond donors (Lipinski definition) is 0. The molecule has 0 saturated carbocycles. The molecule has 1 aliphatic heterocycles. The Bertz CT molecular complexity index is 611. The van der Waals surface area contributed by atoms with Crippen LogP contribution in [0.15, 0.2) is 72.8 Å². The van der Waals surface area contributed by atoms with Crippen LogP contribution in [-0.4, -0.2) is 5.29 Å². The summed E-state index contributed by atoms with van der Waals surface area (Å²) in [6, 6.07) is 21.4. The fourth-order valence-corrected chi connectivity index (χ4v) is 4.28. The topological polar surface area (TPSA) is 0 Å². The monoisotopic (exact) mass is 355 g/mol. The van der Waals surface area contributed by atoms with Crippen LogP contribution in [0.4, 0.5) is 0 Å². The van der Waals surface area contributed by atoms with Crippen molar-refractivity contribution in [1.82, 2.24) is 0 Å². The fourth-order valence-electron chi connectivity index (χ4n) is 2.09. The molecule has 3 rings (SSSR count). The Morgan fingerprint density at radius 2 is 1.35 bits per heavy atom. The van der Waals surface area contributed by atoms with Crippen molar-refractivity contribution >= 4 is 38.3 Å². The van der Waals surface area contributed by atoms with E-state index in [0.717, 1.165) is 0 Å². The van der Waals surface area contributed by atoms with Gasteiger partial charge in [-0.1, -0.05) is 0 Å². The van der Waals surface area contributed by atoms with Crippen LogP contribution < -0.4 is 0 Å². The second-order valence-electron chi connectivity index (χ2n) is 4.33. The van der Waals surface area contributed by atoms with E-state index in [2.05, 4.69) is 93.3 Å². The van der Waals surface area contributed by atoms with E-state index in [4.69, 9.17) is 0 Å². The molecule has 2 aromatic carbocycles. The van der Waals surface area contributed by atoms with Gasteiger partial charge < -0.3 is 0 Å². The molecule has 0 amide bonds. The van der Waals surface area contributed by atoms with E-state index in [0.29, 0.717) is 0 Å². The third kappa shape index (κ3) is 3.64. The molecule has 0 aromatic heterocycles. The maximum absolute atomic E-state index is 2.33. The summed E-state index contributed by atoms with van der Waals surface area (Å²) in [7, 11) is 1.36. The second-order valence-corrected chi connectivity index (χ2v) is 7.63. The van der Waals surface area contributed by atoms with Gasteiger partial charge in [0.05, 0.1) is 0 Å².